The van der Waals surface area contributed by atoms with Crippen LogP contribution >= 0.6 is 11.3 Å². The molecule has 4 rings (SSSR count). The third kappa shape index (κ3) is 3.53. The van der Waals surface area contributed by atoms with Gasteiger partial charge in [0.05, 0.1) is 14.2 Å². The number of esters is 1. The lowest BCUT2D eigenvalue weighted by atomic mass is 9.70. The number of allylic oxidation sites excluding steroid dienone is 2. The van der Waals surface area contributed by atoms with Gasteiger partial charge in [-0.25, -0.2) is 0 Å². The first-order valence-electron chi connectivity index (χ1n) is 9.60. The molecule has 0 bridgehead atoms. The summed E-state index contributed by atoms with van der Waals surface area (Å²) < 4.78 is 10.5. The zero-order valence-electron chi connectivity index (χ0n) is 16.7. The summed E-state index contributed by atoms with van der Waals surface area (Å²) in [5.41, 5.74) is 2.99. The van der Waals surface area contributed by atoms with E-state index < -0.39 is 11.8 Å². The van der Waals surface area contributed by atoms with E-state index in [1.54, 1.807) is 18.4 Å². The molecule has 5 nitrogen and oxygen atoms in total. The summed E-state index contributed by atoms with van der Waals surface area (Å²) in [5, 5.41) is 2.03. The Morgan fingerprint density at radius 1 is 1.17 bits per heavy atom. The molecule has 0 spiro atoms. The Balaban J connectivity index is 1.83. The first-order chi connectivity index (χ1) is 14.0. The molecule has 2 aliphatic rings. The fraction of sp³-hybridized carbons (Fsp3) is 0.348. The minimum atomic E-state index is -0.618. The third-order valence-corrected chi connectivity index (χ3v) is 6.78. The van der Waals surface area contributed by atoms with Crippen molar-refractivity contribution in [2.45, 2.75) is 31.6 Å². The Morgan fingerprint density at radius 2 is 2.00 bits per heavy atom. The van der Waals surface area contributed by atoms with Crippen LogP contribution in [-0.4, -0.2) is 31.7 Å². The number of hydrogen-bond acceptors (Lipinski definition) is 6. The summed E-state index contributed by atoms with van der Waals surface area (Å²) in [6, 6.07) is 11.6. The van der Waals surface area contributed by atoms with Crippen molar-refractivity contribution in [3.8, 4) is 5.75 Å². The molecule has 0 saturated carbocycles. The van der Waals surface area contributed by atoms with Crippen molar-refractivity contribution < 1.29 is 19.1 Å². The van der Waals surface area contributed by atoms with Crippen molar-refractivity contribution in [2.75, 3.05) is 14.2 Å². The van der Waals surface area contributed by atoms with E-state index in [4.69, 9.17) is 14.5 Å². The Hall–Kier alpha value is -2.73. The smallest absolute Gasteiger partial charge is 0.315 e. The number of carbonyl (C=O) groups is 2. The number of ketones is 1. The molecule has 2 heterocycles. The number of rotatable bonds is 4. The van der Waals surface area contributed by atoms with Crippen LogP contribution in [0.15, 0.2) is 58.0 Å². The van der Waals surface area contributed by atoms with Crippen molar-refractivity contribution >= 4 is 28.8 Å². The first-order valence-corrected chi connectivity index (χ1v) is 10.5. The average Bonchev–Trinajstić information content (AvgIpc) is 3.27. The summed E-state index contributed by atoms with van der Waals surface area (Å²) in [6.45, 7) is 1.85. The van der Waals surface area contributed by atoms with Crippen LogP contribution in [0.2, 0.25) is 0 Å². The van der Waals surface area contributed by atoms with Gasteiger partial charge in [0.2, 0.25) is 0 Å². The Kier molecular flexibility index (Phi) is 5.37. The monoisotopic (exact) mass is 409 g/mol. The van der Waals surface area contributed by atoms with Gasteiger partial charge >= 0.3 is 5.97 Å². The minimum Gasteiger partial charge on any atom is -0.497 e. The van der Waals surface area contributed by atoms with Crippen molar-refractivity contribution in [1.82, 2.24) is 0 Å². The van der Waals surface area contributed by atoms with E-state index >= 15 is 0 Å². The van der Waals surface area contributed by atoms with E-state index in [2.05, 4.69) is 6.07 Å². The summed E-state index contributed by atoms with van der Waals surface area (Å²) in [5.74, 6) is -0.525. The number of benzene rings is 1. The van der Waals surface area contributed by atoms with Crippen LogP contribution in [-0.2, 0) is 14.3 Å². The molecule has 29 heavy (non-hydrogen) atoms. The van der Waals surface area contributed by atoms with Gasteiger partial charge in [-0.15, -0.1) is 11.3 Å². The van der Waals surface area contributed by atoms with Crippen molar-refractivity contribution in [1.29, 1.82) is 0 Å². The van der Waals surface area contributed by atoms with Crippen LogP contribution in [0.1, 0.15) is 42.0 Å². The molecule has 1 aromatic heterocycles. The SMILES string of the molecule is COC(=O)C1C(C)=NC2=C(C(=O)C[C@@H](c3cccs3)C2)[C@@H]1c1cccc(OC)c1. The molecule has 1 aliphatic carbocycles. The molecule has 0 N–H and O–H groups in total. The van der Waals surface area contributed by atoms with E-state index in [9.17, 15) is 9.59 Å². The van der Waals surface area contributed by atoms with Gasteiger partial charge in [0, 0.05) is 40.1 Å². The molecule has 6 heteroatoms. The lowest BCUT2D eigenvalue weighted by molar-refractivity contribution is -0.143. The molecule has 1 unspecified atom stereocenters. The summed E-state index contributed by atoms with van der Waals surface area (Å²) in [4.78, 5) is 31.9. The van der Waals surface area contributed by atoms with Gasteiger partial charge in [-0.1, -0.05) is 18.2 Å². The molecule has 1 aromatic carbocycles. The molecule has 0 saturated heterocycles. The molecule has 0 fully saturated rings. The molecule has 150 valence electrons. The van der Waals surface area contributed by atoms with Gasteiger partial charge in [-0.2, -0.15) is 0 Å². The Bertz CT molecular complexity index is 1010. The highest BCUT2D eigenvalue weighted by atomic mass is 32.1. The van der Waals surface area contributed by atoms with Gasteiger partial charge in [0.1, 0.15) is 11.7 Å². The van der Waals surface area contributed by atoms with Crippen molar-refractivity contribution in [3.05, 3.63) is 63.5 Å². The van der Waals surface area contributed by atoms with Gasteiger partial charge in [-0.05, 0) is 42.5 Å². The zero-order valence-corrected chi connectivity index (χ0v) is 17.5. The number of hydrogen-bond donors (Lipinski definition) is 0. The molecule has 0 radical (unpaired) electrons. The van der Waals surface area contributed by atoms with Crippen LogP contribution in [0.3, 0.4) is 0 Å². The Labute approximate surface area is 174 Å². The highest BCUT2D eigenvalue weighted by Gasteiger charge is 2.44. The van der Waals surface area contributed by atoms with E-state index in [1.165, 1.54) is 12.0 Å². The number of ether oxygens (including phenoxy) is 2. The second-order valence-corrected chi connectivity index (χ2v) is 8.39. The van der Waals surface area contributed by atoms with Gasteiger partial charge in [-0.3, -0.25) is 14.6 Å². The predicted octanol–water partition coefficient (Wildman–Crippen LogP) is 4.50. The molecule has 3 atom stereocenters. The number of methoxy groups -OCH3 is 2. The number of aliphatic imine (C=N–C) groups is 1. The maximum Gasteiger partial charge on any atom is 0.315 e. The van der Waals surface area contributed by atoms with Gasteiger partial charge in [0.25, 0.3) is 0 Å². The van der Waals surface area contributed by atoms with E-state index in [-0.39, 0.29) is 17.7 Å². The fourth-order valence-corrected chi connectivity index (χ4v) is 5.24. The molecule has 1 aliphatic heterocycles. The largest absolute Gasteiger partial charge is 0.497 e. The average molecular weight is 410 g/mol. The number of Topliss-reactive ketones (excluding diaryl/α,β-unsaturated/α-hetero) is 1. The second-order valence-electron chi connectivity index (χ2n) is 7.41. The van der Waals surface area contributed by atoms with Crippen molar-refractivity contribution in [3.63, 3.8) is 0 Å². The minimum absolute atomic E-state index is 0.0580. The van der Waals surface area contributed by atoms with Gasteiger partial charge < -0.3 is 9.47 Å². The lowest BCUT2D eigenvalue weighted by Gasteiger charge is -2.36. The quantitative estimate of drug-likeness (QED) is 0.697. The van der Waals surface area contributed by atoms with Crippen LogP contribution in [0, 0.1) is 5.92 Å². The summed E-state index contributed by atoms with van der Waals surface area (Å²) in [6.07, 6.45) is 1.13. The lowest BCUT2D eigenvalue weighted by Crippen LogP contribution is -2.37. The van der Waals surface area contributed by atoms with Crippen LogP contribution < -0.4 is 4.74 Å². The van der Waals surface area contributed by atoms with Crippen LogP contribution in [0.5, 0.6) is 5.75 Å². The normalized spacial score (nSPS) is 24.0. The van der Waals surface area contributed by atoms with E-state index in [1.807, 2.05) is 42.6 Å². The number of thiophene rings is 1. The van der Waals surface area contributed by atoms with Crippen LogP contribution in [0.25, 0.3) is 0 Å². The molecule has 0 amide bonds. The molecular weight excluding hydrogens is 386 g/mol. The first kappa shape index (κ1) is 19.6. The van der Waals surface area contributed by atoms with Crippen LogP contribution in [0.4, 0.5) is 0 Å². The topological polar surface area (TPSA) is 65.0 Å². The van der Waals surface area contributed by atoms with E-state index in [0.29, 0.717) is 29.9 Å². The Morgan fingerprint density at radius 3 is 2.69 bits per heavy atom. The highest BCUT2D eigenvalue weighted by molar-refractivity contribution is 7.10. The summed E-state index contributed by atoms with van der Waals surface area (Å²) in [7, 11) is 2.98. The predicted molar refractivity (Wildman–Crippen MR) is 113 cm³/mol. The molecule has 2 aromatic rings. The van der Waals surface area contributed by atoms with Gasteiger partial charge in [0.15, 0.2) is 5.78 Å². The molecular formula is C23H23NO4S. The summed E-state index contributed by atoms with van der Waals surface area (Å²) >= 11 is 1.67. The number of carbonyl (C=O) groups excluding carboxylic acids is 2. The highest BCUT2D eigenvalue weighted by Crippen LogP contribution is 2.47. The fourth-order valence-electron chi connectivity index (χ4n) is 4.41. The maximum absolute atomic E-state index is 13.3. The zero-order chi connectivity index (χ0) is 20.5. The van der Waals surface area contributed by atoms with Crippen molar-refractivity contribution in [2.24, 2.45) is 10.9 Å². The third-order valence-electron chi connectivity index (χ3n) is 5.74. The standard InChI is InChI=1S/C23H23NO4S/c1-13-20(23(26)28-3)21(14-6-4-7-16(10-14)27-2)22-17(24-13)11-15(12-18(22)25)19-8-5-9-29-19/h4-10,15,20-21H,11-12H2,1-3H3/t15-,20?,21+/m0/s1. The van der Waals surface area contributed by atoms with E-state index in [0.717, 1.165) is 11.3 Å². The maximum atomic E-state index is 13.3. The number of nitrogens with zero attached hydrogens (tertiary/aromatic N) is 1. The second kappa shape index (κ2) is 7.95.